The zero-order chi connectivity index (χ0) is 18.1. The number of urea groups is 1. The van der Waals surface area contributed by atoms with Gasteiger partial charge in [-0.1, -0.05) is 41.9 Å². The van der Waals surface area contributed by atoms with Crippen LogP contribution >= 0.6 is 11.6 Å². The average molecular weight is 362 g/mol. The molecule has 130 valence electrons. The van der Waals surface area contributed by atoms with Crippen molar-refractivity contribution in [1.82, 2.24) is 5.32 Å². The molecule has 3 N–H and O–H groups in total. The second-order valence-corrected chi connectivity index (χ2v) is 6.36. The third kappa shape index (κ3) is 3.30. The van der Waals surface area contributed by atoms with E-state index in [-0.39, 0.29) is 23.4 Å². The van der Waals surface area contributed by atoms with Crippen molar-refractivity contribution in [2.45, 2.75) is 25.4 Å². The summed E-state index contributed by atoms with van der Waals surface area (Å²) in [6, 6.07) is 10.2. The largest absolute Gasteiger partial charge is 0.352 e. The van der Waals surface area contributed by atoms with Crippen molar-refractivity contribution in [2.75, 3.05) is 4.90 Å². The average Bonchev–Trinajstić information content (AvgIpc) is 2.57. The molecule has 0 saturated carbocycles. The van der Waals surface area contributed by atoms with Gasteiger partial charge in [-0.15, -0.1) is 0 Å². The Morgan fingerprint density at radius 2 is 2.04 bits per heavy atom. The predicted octanol–water partition coefficient (Wildman–Crippen LogP) is 3.17. The van der Waals surface area contributed by atoms with E-state index >= 15 is 0 Å². The van der Waals surface area contributed by atoms with Crippen LogP contribution in [0.1, 0.15) is 24.1 Å². The molecule has 3 amide bonds. The number of benzene rings is 2. The summed E-state index contributed by atoms with van der Waals surface area (Å²) in [6.45, 7) is 1.86. The molecule has 0 aliphatic carbocycles. The molecule has 5 nitrogen and oxygen atoms in total. The van der Waals surface area contributed by atoms with Crippen molar-refractivity contribution in [3.8, 4) is 0 Å². The molecule has 0 fully saturated rings. The summed E-state index contributed by atoms with van der Waals surface area (Å²) in [7, 11) is 0. The number of carbonyl (C=O) groups excluding carboxylic acids is 2. The van der Waals surface area contributed by atoms with Crippen LogP contribution in [0.5, 0.6) is 0 Å². The number of fused-ring (bicyclic) bond motifs is 1. The first-order chi connectivity index (χ1) is 11.9. The number of carbonyl (C=O) groups is 2. The lowest BCUT2D eigenvalue weighted by molar-refractivity contribution is -0.121. The van der Waals surface area contributed by atoms with Gasteiger partial charge in [-0.3, -0.25) is 4.79 Å². The third-order valence-corrected chi connectivity index (χ3v) is 4.62. The second kappa shape index (κ2) is 6.72. The third-order valence-electron chi connectivity index (χ3n) is 4.33. The highest BCUT2D eigenvalue weighted by molar-refractivity contribution is 6.31. The van der Waals surface area contributed by atoms with E-state index in [9.17, 15) is 14.0 Å². The van der Waals surface area contributed by atoms with Crippen LogP contribution in [0.2, 0.25) is 5.02 Å². The molecule has 0 saturated heterocycles. The van der Waals surface area contributed by atoms with Crippen LogP contribution in [0.15, 0.2) is 42.5 Å². The lowest BCUT2D eigenvalue weighted by Crippen LogP contribution is -2.54. The van der Waals surface area contributed by atoms with Gasteiger partial charge < -0.3 is 16.0 Å². The van der Waals surface area contributed by atoms with Crippen LogP contribution in [0.3, 0.4) is 0 Å². The molecule has 2 aromatic carbocycles. The van der Waals surface area contributed by atoms with Crippen LogP contribution < -0.4 is 16.0 Å². The van der Waals surface area contributed by atoms with Crippen LogP contribution in [0.25, 0.3) is 0 Å². The summed E-state index contributed by atoms with van der Waals surface area (Å²) in [5, 5.41) is 2.38. The summed E-state index contributed by atoms with van der Waals surface area (Å²) < 4.78 is 13.9. The number of rotatable bonds is 3. The normalized spacial score (nSPS) is 17.8. The van der Waals surface area contributed by atoms with Gasteiger partial charge in [0.15, 0.2) is 0 Å². The van der Waals surface area contributed by atoms with Gasteiger partial charge in [-0.05, 0) is 30.2 Å². The Labute approximate surface area is 149 Å². The van der Waals surface area contributed by atoms with Gasteiger partial charge in [0.1, 0.15) is 11.9 Å². The van der Waals surface area contributed by atoms with Crippen molar-refractivity contribution in [3.63, 3.8) is 0 Å². The highest BCUT2D eigenvalue weighted by Gasteiger charge is 2.37. The van der Waals surface area contributed by atoms with Crippen LogP contribution in [0.4, 0.5) is 14.9 Å². The minimum Gasteiger partial charge on any atom is -0.352 e. The van der Waals surface area contributed by atoms with Crippen LogP contribution in [-0.2, 0) is 11.2 Å². The standard InChI is InChI=1S/C18H17ClFN3O2/c1-10(11-5-3-2-4-6-11)23-16-9-13(19)14(20)7-12(16)8-15(17(23)24)22-18(21)25/h2-7,9-10,15H,8H2,1H3,(H3,21,22,25)/t10-,15+/m0/s1. The maximum atomic E-state index is 13.9. The first kappa shape index (κ1) is 17.2. The molecule has 1 aliphatic heterocycles. The zero-order valence-corrected chi connectivity index (χ0v) is 14.3. The number of nitrogens with two attached hydrogens (primary N) is 1. The molecule has 1 aliphatic rings. The molecule has 0 radical (unpaired) electrons. The number of hydrogen-bond acceptors (Lipinski definition) is 2. The number of anilines is 1. The fourth-order valence-corrected chi connectivity index (χ4v) is 3.28. The Balaban J connectivity index is 2.09. The predicted molar refractivity (Wildman–Crippen MR) is 94.0 cm³/mol. The number of nitrogens with zero attached hydrogens (tertiary/aromatic N) is 1. The first-order valence-corrected chi connectivity index (χ1v) is 8.18. The van der Waals surface area contributed by atoms with Crippen molar-refractivity contribution in [2.24, 2.45) is 5.73 Å². The molecule has 0 spiro atoms. The Kier molecular flexibility index (Phi) is 4.63. The quantitative estimate of drug-likeness (QED) is 0.881. The van der Waals surface area contributed by atoms with Gasteiger partial charge in [-0.2, -0.15) is 0 Å². The summed E-state index contributed by atoms with van der Waals surface area (Å²) in [5.41, 5.74) is 7.20. The summed E-state index contributed by atoms with van der Waals surface area (Å²) >= 11 is 5.93. The molecule has 7 heteroatoms. The lowest BCUT2D eigenvalue weighted by atomic mass is 9.94. The molecule has 0 unspecified atom stereocenters. The molecule has 25 heavy (non-hydrogen) atoms. The molecule has 0 bridgehead atoms. The fraction of sp³-hybridized carbons (Fsp3) is 0.222. The molecular formula is C18H17ClFN3O2. The molecule has 0 aromatic heterocycles. The lowest BCUT2D eigenvalue weighted by Gasteiger charge is -2.38. The van der Waals surface area contributed by atoms with E-state index in [1.165, 1.54) is 17.0 Å². The van der Waals surface area contributed by atoms with E-state index in [2.05, 4.69) is 5.32 Å². The maximum Gasteiger partial charge on any atom is 0.312 e. The van der Waals surface area contributed by atoms with Gasteiger partial charge in [0.25, 0.3) is 5.91 Å². The van der Waals surface area contributed by atoms with E-state index in [4.69, 9.17) is 17.3 Å². The Morgan fingerprint density at radius 3 is 2.68 bits per heavy atom. The Bertz CT molecular complexity index is 829. The number of nitrogens with one attached hydrogen (secondary N) is 1. The number of amides is 3. The zero-order valence-electron chi connectivity index (χ0n) is 13.5. The van der Waals surface area contributed by atoms with E-state index in [1.54, 1.807) is 0 Å². The first-order valence-electron chi connectivity index (χ1n) is 7.80. The molecule has 1 heterocycles. The smallest absolute Gasteiger partial charge is 0.312 e. The molecular weight excluding hydrogens is 345 g/mol. The summed E-state index contributed by atoms with van der Waals surface area (Å²) in [4.78, 5) is 25.7. The van der Waals surface area contributed by atoms with E-state index < -0.39 is 17.9 Å². The SMILES string of the molecule is C[C@@H](c1ccccc1)N1C(=O)[C@H](NC(N)=O)Cc2cc(F)c(Cl)cc21. The van der Waals surface area contributed by atoms with Gasteiger partial charge >= 0.3 is 6.03 Å². The monoisotopic (exact) mass is 361 g/mol. The second-order valence-electron chi connectivity index (χ2n) is 5.96. The highest BCUT2D eigenvalue weighted by atomic mass is 35.5. The fourth-order valence-electron chi connectivity index (χ4n) is 3.12. The van der Waals surface area contributed by atoms with Crippen LogP contribution in [-0.4, -0.2) is 18.0 Å². The topological polar surface area (TPSA) is 75.4 Å². The minimum absolute atomic E-state index is 0.0573. The number of primary amides is 1. The summed E-state index contributed by atoms with van der Waals surface area (Å²) in [5.74, 6) is -0.884. The van der Waals surface area contributed by atoms with Crippen molar-refractivity contribution in [3.05, 3.63) is 64.4 Å². The van der Waals surface area contributed by atoms with E-state index in [0.29, 0.717) is 11.3 Å². The molecule has 2 atom stereocenters. The number of hydrogen-bond donors (Lipinski definition) is 2. The number of halogens is 2. The van der Waals surface area contributed by atoms with Crippen molar-refractivity contribution in [1.29, 1.82) is 0 Å². The highest BCUT2D eigenvalue weighted by Crippen LogP contribution is 2.37. The van der Waals surface area contributed by atoms with E-state index in [1.807, 2.05) is 37.3 Å². The van der Waals surface area contributed by atoms with E-state index in [0.717, 1.165) is 5.56 Å². The summed E-state index contributed by atoms with van der Waals surface area (Å²) in [6.07, 6.45) is 0.156. The maximum absolute atomic E-state index is 13.9. The molecule has 2 aromatic rings. The van der Waals surface area contributed by atoms with Gasteiger partial charge in [0.2, 0.25) is 0 Å². The Hall–Kier alpha value is -2.60. The minimum atomic E-state index is -0.850. The van der Waals surface area contributed by atoms with Crippen molar-refractivity contribution < 1.29 is 14.0 Å². The molecule has 3 rings (SSSR count). The van der Waals surface area contributed by atoms with Gasteiger partial charge in [-0.25, -0.2) is 9.18 Å². The van der Waals surface area contributed by atoms with Gasteiger partial charge in [0, 0.05) is 12.1 Å². The van der Waals surface area contributed by atoms with Crippen LogP contribution in [0, 0.1) is 5.82 Å². The Morgan fingerprint density at radius 1 is 1.36 bits per heavy atom. The van der Waals surface area contributed by atoms with Crippen molar-refractivity contribution >= 4 is 29.2 Å². The van der Waals surface area contributed by atoms with Gasteiger partial charge in [0.05, 0.1) is 11.1 Å².